The van der Waals surface area contributed by atoms with E-state index in [1.165, 1.54) is 135 Å². The zero-order valence-corrected chi connectivity index (χ0v) is 40.4. The van der Waals surface area contributed by atoms with Crippen molar-refractivity contribution in [3.05, 3.63) is 48.6 Å². The lowest BCUT2D eigenvalue weighted by molar-refractivity contribution is -0.167. The normalized spacial score (nSPS) is 12.4. The molecule has 0 aliphatic heterocycles. The van der Waals surface area contributed by atoms with E-state index in [0.717, 1.165) is 89.9 Å². The Bertz CT molecular complexity index is 1070. The summed E-state index contributed by atoms with van der Waals surface area (Å²) < 4.78 is 16.8. The van der Waals surface area contributed by atoms with E-state index in [0.29, 0.717) is 19.3 Å². The van der Waals surface area contributed by atoms with E-state index >= 15 is 0 Å². The number of unbranched alkanes of at least 4 members (excludes halogenated alkanes) is 29. The second kappa shape index (κ2) is 50.0. The Hall–Kier alpha value is -2.63. The van der Waals surface area contributed by atoms with Gasteiger partial charge in [0.2, 0.25) is 0 Å². The van der Waals surface area contributed by atoms with Gasteiger partial charge < -0.3 is 14.2 Å². The van der Waals surface area contributed by atoms with Crippen LogP contribution < -0.4 is 0 Å². The molecule has 0 amide bonds. The number of allylic oxidation sites excluding steroid dienone is 8. The molecule has 0 heterocycles. The molecule has 1 unspecified atom stereocenters. The maximum atomic E-state index is 12.8. The highest BCUT2D eigenvalue weighted by molar-refractivity contribution is 5.71. The summed E-state index contributed by atoms with van der Waals surface area (Å²) in [5.74, 6) is -0.911. The Labute approximate surface area is 378 Å². The quantitative estimate of drug-likeness (QED) is 0.0199. The van der Waals surface area contributed by atoms with Crippen molar-refractivity contribution in [3.8, 4) is 0 Å². The summed E-state index contributed by atoms with van der Waals surface area (Å²) in [6.45, 7) is 6.51. The summed E-state index contributed by atoms with van der Waals surface area (Å²) in [5, 5.41) is 0. The van der Waals surface area contributed by atoms with Crippen LogP contribution in [0.3, 0.4) is 0 Å². The minimum atomic E-state index is -0.784. The SMILES string of the molecule is CC/C=C\C/C=C\CCCCCCCCCC(=O)OC(COC(=O)CCCCC/C=C\C=C/CCCCCCCCC)COC(=O)CCCCCCCCCCCCCCC. The molecule has 0 aliphatic carbocycles. The van der Waals surface area contributed by atoms with Crippen LogP contribution in [0.25, 0.3) is 0 Å². The lowest BCUT2D eigenvalue weighted by Gasteiger charge is -2.18. The van der Waals surface area contributed by atoms with Gasteiger partial charge in [-0.3, -0.25) is 14.4 Å². The van der Waals surface area contributed by atoms with Gasteiger partial charge in [-0.25, -0.2) is 0 Å². The van der Waals surface area contributed by atoms with Crippen LogP contribution in [0.1, 0.15) is 265 Å². The molecule has 0 rings (SSSR count). The molecule has 6 nitrogen and oxygen atoms in total. The Morgan fingerprint density at radius 2 is 0.689 bits per heavy atom. The van der Waals surface area contributed by atoms with Crippen LogP contribution in [0.15, 0.2) is 48.6 Å². The van der Waals surface area contributed by atoms with Crippen LogP contribution >= 0.6 is 0 Å². The fraction of sp³-hybridized carbons (Fsp3) is 0.800. The molecule has 0 aromatic carbocycles. The first-order valence-corrected chi connectivity index (χ1v) is 26.2. The lowest BCUT2D eigenvalue weighted by atomic mass is 10.0. The average molecular weight is 855 g/mol. The van der Waals surface area contributed by atoms with E-state index in [1.807, 2.05) is 0 Å². The monoisotopic (exact) mass is 855 g/mol. The number of rotatable bonds is 47. The second-order valence-corrected chi connectivity index (χ2v) is 17.4. The highest BCUT2D eigenvalue weighted by Gasteiger charge is 2.19. The molecule has 6 heteroatoms. The number of hydrogen-bond acceptors (Lipinski definition) is 6. The molecule has 0 spiro atoms. The summed E-state index contributed by atoms with van der Waals surface area (Å²) in [4.78, 5) is 38.0. The van der Waals surface area contributed by atoms with Gasteiger partial charge in [0.25, 0.3) is 0 Å². The maximum Gasteiger partial charge on any atom is 0.306 e. The van der Waals surface area contributed by atoms with Gasteiger partial charge in [0.15, 0.2) is 6.10 Å². The van der Waals surface area contributed by atoms with E-state index in [4.69, 9.17) is 14.2 Å². The van der Waals surface area contributed by atoms with Crippen molar-refractivity contribution in [2.45, 2.75) is 271 Å². The average Bonchev–Trinajstić information content (AvgIpc) is 3.26. The zero-order valence-electron chi connectivity index (χ0n) is 40.4. The summed E-state index contributed by atoms with van der Waals surface area (Å²) >= 11 is 0. The molecule has 61 heavy (non-hydrogen) atoms. The van der Waals surface area contributed by atoms with Gasteiger partial charge in [-0.2, -0.15) is 0 Å². The number of esters is 3. The van der Waals surface area contributed by atoms with Crippen LogP contribution in [0, 0.1) is 0 Å². The Morgan fingerprint density at radius 3 is 1.10 bits per heavy atom. The Kier molecular flexibility index (Phi) is 47.9. The predicted molar refractivity (Wildman–Crippen MR) is 261 cm³/mol. The number of carbonyl (C=O) groups is 3. The molecule has 0 bridgehead atoms. The fourth-order valence-corrected chi connectivity index (χ4v) is 7.41. The predicted octanol–water partition coefficient (Wildman–Crippen LogP) is 17.1. The van der Waals surface area contributed by atoms with Crippen LogP contribution in [-0.4, -0.2) is 37.2 Å². The molecule has 0 aliphatic rings. The molecule has 0 N–H and O–H groups in total. The molecule has 1 atom stereocenters. The molecule has 0 aromatic rings. The van der Waals surface area contributed by atoms with Crippen molar-refractivity contribution < 1.29 is 28.6 Å². The van der Waals surface area contributed by atoms with E-state index < -0.39 is 6.10 Å². The second-order valence-electron chi connectivity index (χ2n) is 17.4. The topological polar surface area (TPSA) is 78.9 Å². The zero-order chi connectivity index (χ0) is 44.4. The summed E-state index contributed by atoms with van der Waals surface area (Å²) in [6.07, 6.45) is 59.5. The highest BCUT2D eigenvalue weighted by atomic mass is 16.6. The van der Waals surface area contributed by atoms with E-state index in [2.05, 4.69) is 69.4 Å². The highest BCUT2D eigenvalue weighted by Crippen LogP contribution is 2.15. The third-order valence-electron chi connectivity index (χ3n) is 11.3. The third kappa shape index (κ3) is 48.3. The number of hydrogen-bond donors (Lipinski definition) is 0. The molecule has 354 valence electrons. The summed E-state index contributed by atoms with van der Waals surface area (Å²) in [6, 6.07) is 0. The maximum absolute atomic E-state index is 12.8. The van der Waals surface area contributed by atoms with Gasteiger partial charge in [0.05, 0.1) is 0 Å². The Balaban J connectivity index is 4.41. The van der Waals surface area contributed by atoms with Crippen molar-refractivity contribution in [1.82, 2.24) is 0 Å². The Morgan fingerprint density at radius 1 is 0.361 bits per heavy atom. The van der Waals surface area contributed by atoms with Gasteiger partial charge in [-0.15, -0.1) is 0 Å². The van der Waals surface area contributed by atoms with Gasteiger partial charge in [-0.1, -0.05) is 223 Å². The van der Waals surface area contributed by atoms with Gasteiger partial charge >= 0.3 is 17.9 Å². The van der Waals surface area contributed by atoms with E-state index in [-0.39, 0.29) is 31.1 Å². The van der Waals surface area contributed by atoms with Crippen molar-refractivity contribution in [1.29, 1.82) is 0 Å². The molecular weight excluding hydrogens is 757 g/mol. The van der Waals surface area contributed by atoms with Crippen molar-refractivity contribution in [2.75, 3.05) is 13.2 Å². The minimum absolute atomic E-state index is 0.0826. The van der Waals surface area contributed by atoms with Gasteiger partial charge in [-0.05, 0) is 70.6 Å². The first-order chi connectivity index (χ1) is 30.0. The number of ether oxygens (including phenoxy) is 3. The largest absolute Gasteiger partial charge is 0.462 e. The molecule has 0 fully saturated rings. The standard InChI is InChI=1S/C55H98O6/c1-4-7-10-13-16-19-22-25-27-28-31-33-36-39-42-45-48-54(57)60-51-52(50-59-53(56)47-44-41-38-35-32-29-24-21-18-15-12-9-6-3)61-55(58)49-46-43-40-37-34-30-26-23-20-17-14-11-8-5-2/h8,11,17,20,27-28,31,33,52H,4-7,9-10,12-16,18-19,21-26,29-30,32,34-51H2,1-3H3/b11-8-,20-17-,28-27-,33-31-. The van der Waals surface area contributed by atoms with Crippen LogP contribution in [-0.2, 0) is 28.6 Å². The fourth-order valence-electron chi connectivity index (χ4n) is 7.41. The smallest absolute Gasteiger partial charge is 0.306 e. The molecule has 0 radical (unpaired) electrons. The van der Waals surface area contributed by atoms with Crippen LogP contribution in [0.5, 0.6) is 0 Å². The molecule has 0 saturated carbocycles. The van der Waals surface area contributed by atoms with Crippen molar-refractivity contribution in [2.24, 2.45) is 0 Å². The van der Waals surface area contributed by atoms with Crippen molar-refractivity contribution in [3.63, 3.8) is 0 Å². The third-order valence-corrected chi connectivity index (χ3v) is 11.3. The lowest BCUT2D eigenvalue weighted by Crippen LogP contribution is -2.30. The first kappa shape index (κ1) is 58.4. The van der Waals surface area contributed by atoms with E-state index in [1.54, 1.807) is 0 Å². The molecular formula is C55H98O6. The summed E-state index contributed by atoms with van der Waals surface area (Å²) in [7, 11) is 0. The van der Waals surface area contributed by atoms with Crippen molar-refractivity contribution >= 4 is 17.9 Å². The minimum Gasteiger partial charge on any atom is -0.462 e. The van der Waals surface area contributed by atoms with Gasteiger partial charge in [0.1, 0.15) is 13.2 Å². The number of carbonyl (C=O) groups excluding carboxylic acids is 3. The van der Waals surface area contributed by atoms with Crippen LogP contribution in [0.4, 0.5) is 0 Å². The van der Waals surface area contributed by atoms with Gasteiger partial charge in [0, 0.05) is 19.3 Å². The first-order valence-electron chi connectivity index (χ1n) is 26.2. The van der Waals surface area contributed by atoms with E-state index in [9.17, 15) is 14.4 Å². The molecule has 0 aromatic heterocycles. The molecule has 0 saturated heterocycles. The summed E-state index contributed by atoms with van der Waals surface area (Å²) in [5.41, 5.74) is 0. The van der Waals surface area contributed by atoms with Crippen LogP contribution in [0.2, 0.25) is 0 Å².